The van der Waals surface area contributed by atoms with Crippen LogP contribution in [0.1, 0.15) is 0 Å². The van der Waals surface area contributed by atoms with Crippen LogP contribution in [0.3, 0.4) is 0 Å². The first-order valence-corrected chi connectivity index (χ1v) is 5.41. The van der Waals surface area contributed by atoms with Gasteiger partial charge in [-0.05, 0) is 28.1 Å². The van der Waals surface area contributed by atoms with Crippen molar-refractivity contribution in [3.05, 3.63) is 22.7 Å². The summed E-state index contributed by atoms with van der Waals surface area (Å²) in [6.45, 7) is 0. The summed E-state index contributed by atoms with van der Waals surface area (Å²) in [5, 5.41) is 0. The molecule has 0 saturated carbocycles. The highest BCUT2D eigenvalue weighted by molar-refractivity contribution is 9.10. The summed E-state index contributed by atoms with van der Waals surface area (Å²) in [6, 6.07) is 4.08. The van der Waals surface area contributed by atoms with E-state index in [0.717, 1.165) is 6.07 Å². The van der Waals surface area contributed by atoms with Crippen LogP contribution in [-0.2, 0) is 10.2 Å². The van der Waals surface area contributed by atoms with Crippen molar-refractivity contribution in [3.8, 4) is 5.75 Å². The van der Waals surface area contributed by atoms with Crippen molar-refractivity contribution in [1.29, 1.82) is 0 Å². The summed E-state index contributed by atoms with van der Waals surface area (Å²) in [7, 11) is -3.32. The quantitative estimate of drug-likeness (QED) is 0.772. The van der Waals surface area contributed by atoms with Gasteiger partial charge < -0.3 is 4.74 Å². The zero-order valence-corrected chi connectivity index (χ0v) is 9.02. The molecule has 0 aliphatic rings. The molecule has 0 unspecified atom stereocenters. The molecule has 1 rings (SSSR count). The van der Waals surface area contributed by atoms with Crippen molar-refractivity contribution in [1.82, 2.24) is 0 Å². The third kappa shape index (κ3) is 2.19. The molecule has 0 fully saturated rings. The van der Waals surface area contributed by atoms with Gasteiger partial charge in [-0.2, -0.15) is 8.42 Å². The molecule has 0 saturated heterocycles. The summed E-state index contributed by atoms with van der Waals surface area (Å²) < 4.78 is 38.6. The van der Waals surface area contributed by atoms with E-state index in [-0.39, 0.29) is 10.2 Å². The maximum atomic E-state index is 12.6. The second-order valence-corrected chi connectivity index (χ2v) is 4.32. The van der Waals surface area contributed by atoms with E-state index in [0.29, 0.717) is 0 Å². The van der Waals surface area contributed by atoms with Crippen molar-refractivity contribution in [2.75, 3.05) is 7.11 Å². The van der Waals surface area contributed by atoms with E-state index in [1.807, 2.05) is 0 Å². The Bertz CT molecular complexity index is 416. The summed E-state index contributed by atoms with van der Waals surface area (Å²) >= 11 is 2.93. The molecule has 72 valence electrons. The smallest absolute Gasteiger partial charge is 0.333 e. The fourth-order valence-corrected chi connectivity index (χ4v) is 2.40. The van der Waals surface area contributed by atoms with Gasteiger partial charge in [0.25, 0.3) is 0 Å². The van der Waals surface area contributed by atoms with Gasteiger partial charge in [-0.3, -0.25) is 0 Å². The minimum atomic E-state index is -4.69. The Morgan fingerprint density at radius 3 is 2.54 bits per heavy atom. The number of ether oxygens (including phenoxy) is 1. The van der Waals surface area contributed by atoms with Gasteiger partial charge in [-0.1, -0.05) is 6.07 Å². The lowest BCUT2D eigenvalue weighted by Crippen LogP contribution is -1.95. The standard InChI is InChI=1S/C7H6BrFO3S/c1-12-5-3-2-4-6(7(5)8)13(9,10)11/h2-4H,1H3. The first kappa shape index (κ1) is 10.5. The van der Waals surface area contributed by atoms with Crippen molar-refractivity contribution in [3.63, 3.8) is 0 Å². The molecule has 1 aromatic carbocycles. The van der Waals surface area contributed by atoms with Gasteiger partial charge in [0.1, 0.15) is 10.6 Å². The van der Waals surface area contributed by atoms with E-state index in [2.05, 4.69) is 15.9 Å². The van der Waals surface area contributed by atoms with Crippen LogP contribution in [0.5, 0.6) is 5.75 Å². The molecule has 0 aliphatic carbocycles. The molecular formula is C7H6BrFO3S. The predicted molar refractivity (Wildman–Crippen MR) is 49.0 cm³/mol. The van der Waals surface area contributed by atoms with Crippen LogP contribution in [0.15, 0.2) is 27.6 Å². The Labute approximate surface area is 83.9 Å². The molecular weight excluding hydrogens is 263 g/mol. The van der Waals surface area contributed by atoms with E-state index in [1.54, 1.807) is 0 Å². The second kappa shape index (κ2) is 3.63. The number of hydrogen-bond donors (Lipinski definition) is 0. The van der Waals surface area contributed by atoms with E-state index in [1.165, 1.54) is 19.2 Å². The number of benzene rings is 1. The second-order valence-electron chi connectivity index (χ2n) is 2.21. The molecule has 1 aromatic rings. The highest BCUT2D eigenvalue weighted by Gasteiger charge is 2.18. The number of halogens is 2. The number of methoxy groups -OCH3 is 1. The highest BCUT2D eigenvalue weighted by Crippen LogP contribution is 2.32. The van der Waals surface area contributed by atoms with Gasteiger partial charge in [-0.15, -0.1) is 3.89 Å². The average Bonchev–Trinajstić information content (AvgIpc) is 2.02. The number of hydrogen-bond acceptors (Lipinski definition) is 3. The Balaban J connectivity index is 3.41. The van der Waals surface area contributed by atoms with Crippen LogP contribution in [0.2, 0.25) is 0 Å². The van der Waals surface area contributed by atoms with E-state index in [4.69, 9.17) is 4.74 Å². The van der Waals surface area contributed by atoms with Crippen LogP contribution in [-0.4, -0.2) is 15.5 Å². The zero-order valence-electron chi connectivity index (χ0n) is 6.62. The number of rotatable bonds is 2. The van der Waals surface area contributed by atoms with E-state index < -0.39 is 15.1 Å². The van der Waals surface area contributed by atoms with Crippen LogP contribution >= 0.6 is 15.9 Å². The Hall–Kier alpha value is -0.620. The van der Waals surface area contributed by atoms with Crippen LogP contribution in [0, 0.1) is 0 Å². The first-order chi connectivity index (χ1) is 5.96. The van der Waals surface area contributed by atoms with Crippen molar-refractivity contribution < 1.29 is 17.0 Å². The molecule has 0 spiro atoms. The van der Waals surface area contributed by atoms with Crippen LogP contribution < -0.4 is 4.74 Å². The van der Waals surface area contributed by atoms with Gasteiger partial charge in [0.15, 0.2) is 0 Å². The monoisotopic (exact) mass is 268 g/mol. The minimum absolute atomic E-state index is 0.0972. The summed E-state index contributed by atoms with van der Waals surface area (Å²) in [4.78, 5) is -0.424. The molecule has 0 N–H and O–H groups in total. The SMILES string of the molecule is COc1cccc(S(=O)(=O)F)c1Br. The van der Waals surface area contributed by atoms with E-state index in [9.17, 15) is 12.3 Å². The summed E-state index contributed by atoms with van der Waals surface area (Å²) in [5.74, 6) is 0.277. The Morgan fingerprint density at radius 1 is 1.46 bits per heavy atom. The van der Waals surface area contributed by atoms with Gasteiger partial charge >= 0.3 is 10.2 Å². The minimum Gasteiger partial charge on any atom is -0.496 e. The average molecular weight is 269 g/mol. The molecule has 0 heterocycles. The molecule has 0 radical (unpaired) electrons. The maximum absolute atomic E-state index is 12.6. The lowest BCUT2D eigenvalue weighted by atomic mass is 10.3. The lowest BCUT2D eigenvalue weighted by Gasteiger charge is -2.04. The molecule has 3 nitrogen and oxygen atoms in total. The normalized spacial score (nSPS) is 11.3. The molecule has 0 amide bonds. The molecule has 0 bridgehead atoms. The maximum Gasteiger partial charge on any atom is 0.333 e. The summed E-state index contributed by atoms with van der Waals surface area (Å²) in [5.41, 5.74) is 0. The Morgan fingerprint density at radius 2 is 2.08 bits per heavy atom. The van der Waals surface area contributed by atoms with E-state index >= 15 is 0 Å². The van der Waals surface area contributed by atoms with Gasteiger partial charge in [0.05, 0.1) is 11.6 Å². The topological polar surface area (TPSA) is 43.4 Å². The lowest BCUT2D eigenvalue weighted by molar-refractivity contribution is 0.410. The van der Waals surface area contributed by atoms with Crippen molar-refractivity contribution in [2.24, 2.45) is 0 Å². The van der Waals surface area contributed by atoms with Gasteiger partial charge in [0, 0.05) is 0 Å². The van der Waals surface area contributed by atoms with Crippen molar-refractivity contribution >= 4 is 26.2 Å². The third-order valence-corrected chi connectivity index (χ3v) is 3.36. The van der Waals surface area contributed by atoms with Gasteiger partial charge in [0.2, 0.25) is 0 Å². The third-order valence-electron chi connectivity index (χ3n) is 1.41. The molecule has 13 heavy (non-hydrogen) atoms. The molecule has 6 heteroatoms. The first-order valence-electron chi connectivity index (χ1n) is 3.24. The zero-order chi connectivity index (χ0) is 10.1. The van der Waals surface area contributed by atoms with Crippen molar-refractivity contribution in [2.45, 2.75) is 4.90 Å². The van der Waals surface area contributed by atoms with Crippen LogP contribution in [0.25, 0.3) is 0 Å². The largest absolute Gasteiger partial charge is 0.496 e. The predicted octanol–water partition coefficient (Wildman–Crippen LogP) is 2.12. The molecule has 0 aromatic heterocycles. The molecule has 0 aliphatic heterocycles. The summed E-state index contributed by atoms with van der Waals surface area (Å²) in [6.07, 6.45) is 0. The fourth-order valence-electron chi connectivity index (χ4n) is 0.837. The highest BCUT2D eigenvalue weighted by atomic mass is 79.9. The van der Waals surface area contributed by atoms with Gasteiger partial charge in [-0.25, -0.2) is 0 Å². The fraction of sp³-hybridized carbons (Fsp3) is 0.143. The van der Waals surface area contributed by atoms with Crippen LogP contribution in [0.4, 0.5) is 3.89 Å². The molecule has 0 atom stereocenters. The Kier molecular flexibility index (Phi) is 2.92.